The molecule has 2 N–H and O–H groups in total. The quantitative estimate of drug-likeness (QED) is 0.231. The topological polar surface area (TPSA) is 44.5 Å². The van der Waals surface area contributed by atoms with Gasteiger partial charge in [-0.15, -0.1) is 0 Å². The summed E-state index contributed by atoms with van der Waals surface area (Å²) in [5.74, 6) is 0.747. The summed E-state index contributed by atoms with van der Waals surface area (Å²) in [7, 11) is 0. The SMILES string of the molecule is CCCCCCCCCCCCCCCOCCOc1ccccc1N. The fourth-order valence-electron chi connectivity index (χ4n) is 3.15. The lowest BCUT2D eigenvalue weighted by Gasteiger charge is -2.09. The van der Waals surface area contributed by atoms with Gasteiger partial charge in [0.25, 0.3) is 0 Å². The maximum Gasteiger partial charge on any atom is 0.142 e. The Labute approximate surface area is 161 Å². The molecular weight excluding hydrogens is 322 g/mol. The van der Waals surface area contributed by atoms with Gasteiger partial charge >= 0.3 is 0 Å². The second-order valence-corrected chi connectivity index (χ2v) is 7.24. The molecule has 3 heteroatoms. The number of nitrogen functional groups attached to an aromatic ring is 1. The number of nitrogens with two attached hydrogens (primary N) is 1. The zero-order chi connectivity index (χ0) is 18.7. The summed E-state index contributed by atoms with van der Waals surface area (Å²) < 4.78 is 11.2. The van der Waals surface area contributed by atoms with Gasteiger partial charge in [0, 0.05) is 6.61 Å². The van der Waals surface area contributed by atoms with Gasteiger partial charge in [0.2, 0.25) is 0 Å². The highest BCUT2D eigenvalue weighted by Crippen LogP contribution is 2.19. The highest BCUT2D eigenvalue weighted by molar-refractivity contribution is 5.51. The van der Waals surface area contributed by atoms with Crippen LogP contribution in [0.3, 0.4) is 0 Å². The van der Waals surface area contributed by atoms with Gasteiger partial charge in [0.15, 0.2) is 0 Å². The summed E-state index contributed by atoms with van der Waals surface area (Å²) in [6.45, 7) is 4.31. The molecule has 1 rings (SSSR count). The molecular formula is C23H41NO2. The van der Waals surface area contributed by atoms with Crippen molar-refractivity contribution in [2.75, 3.05) is 25.6 Å². The molecule has 0 aliphatic rings. The molecule has 3 nitrogen and oxygen atoms in total. The minimum absolute atomic E-state index is 0.562. The van der Waals surface area contributed by atoms with Crippen molar-refractivity contribution in [3.8, 4) is 5.75 Å². The maximum atomic E-state index is 5.83. The molecule has 0 bridgehead atoms. The van der Waals surface area contributed by atoms with E-state index >= 15 is 0 Å². The third-order valence-corrected chi connectivity index (χ3v) is 4.80. The van der Waals surface area contributed by atoms with Crippen LogP contribution < -0.4 is 10.5 Å². The number of hydrogen-bond donors (Lipinski definition) is 1. The monoisotopic (exact) mass is 363 g/mol. The van der Waals surface area contributed by atoms with E-state index in [0.29, 0.717) is 18.9 Å². The molecule has 0 fully saturated rings. The summed E-state index contributed by atoms with van der Waals surface area (Å²) in [4.78, 5) is 0. The van der Waals surface area contributed by atoms with Crippen LogP contribution in [0.1, 0.15) is 90.4 Å². The van der Waals surface area contributed by atoms with Gasteiger partial charge in [0.1, 0.15) is 12.4 Å². The van der Waals surface area contributed by atoms with E-state index in [9.17, 15) is 0 Å². The Bertz CT molecular complexity index is 422. The summed E-state index contributed by atoms with van der Waals surface area (Å²) >= 11 is 0. The Morgan fingerprint density at radius 1 is 0.654 bits per heavy atom. The molecule has 0 aliphatic carbocycles. The van der Waals surface area contributed by atoms with E-state index in [4.69, 9.17) is 15.2 Å². The van der Waals surface area contributed by atoms with Crippen molar-refractivity contribution in [2.45, 2.75) is 90.4 Å². The predicted molar refractivity (Wildman–Crippen MR) is 113 cm³/mol. The van der Waals surface area contributed by atoms with Crippen molar-refractivity contribution >= 4 is 5.69 Å². The number of unbranched alkanes of at least 4 members (excludes halogenated alkanes) is 12. The Morgan fingerprint density at radius 3 is 1.77 bits per heavy atom. The molecule has 0 spiro atoms. The van der Waals surface area contributed by atoms with Gasteiger partial charge in [-0.2, -0.15) is 0 Å². The molecule has 26 heavy (non-hydrogen) atoms. The van der Waals surface area contributed by atoms with Crippen molar-refractivity contribution in [1.29, 1.82) is 0 Å². The number of ether oxygens (including phenoxy) is 2. The highest BCUT2D eigenvalue weighted by Gasteiger charge is 1.98. The first-order valence-corrected chi connectivity index (χ1v) is 10.9. The van der Waals surface area contributed by atoms with E-state index in [1.807, 2.05) is 24.3 Å². The number of rotatable bonds is 18. The molecule has 0 saturated carbocycles. The molecule has 0 heterocycles. The van der Waals surface area contributed by atoms with Gasteiger partial charge in [0.05, 0.1) is 12.3 Å². The van der Waals surface area contributed by atoms with Crippen LogP contribution in [0.5, 0.6) is 5.75 Å². The van der Waals surface area contributed by atoms with E-state index in [0.717, 1.165) is 18.8 Å². The van der Waals surface area contributed by atoms with Gasteiger partial charge in [-0.05, 0) is 18.6 Å². The van der Waals surface area contributed by atoms with E-state index in [1.54, 1.807) is 0 Å². The second kappa shape index (κ2) is 17.2. The van der Waals surface area contributed by atoms with E-state index in [2.05, 4.69) is 6.92 Å². The third-order valence-electron chi connectivity index (χ3n) is 4.80. The molecule has 1 aromatic carbocycles. The van der Waals surface area contributed by atoms with Crippen LogP contribution in [0.4, 0.5) is 5.69 Å². The Balaban J connectivity index is 1.74. The first kappa shape index (κ1) is 22.8. The summed E-state index contributed by atoms with van der Waals surface area (Å²) in [6, 6.07) is 7.58. The van der Waals surface area contributed by atoms with Crippen LogP contribution in [0.15, 0.2) is 24.3 Å². The molecule has 0 radical (unpaired) electrons. The lowest BCUT2D eigenvalue weighted by molar-refractivity contribution is 0.0973. The summed E-state index contributed by atoms with van der Waals surface area (Å²) in [6.07, 6.45) is 17.9. The fraction of sp³-hybridized carbons (Fsp3) is 0.739. The molecule has 150 valence electrons. The molecule has 0 unspecified atom stereocenters. The maximum absolute atomic E-state index is 5.83. The predicted octanol–water partition coefficient (Wildman–Crippen LogP) is 6.76. The highest BCUT2D eigenvalue weighted by atomic mass is 16.5. The van der Waals surface area contributed by atoms with Gasteiger partial charge < -0.3 is 15.2 Å². The molecule has 1 aromatic rings. The Morgan fingerprint density at radius 2 is 1.19 bits per heavy atom. The Kier molecular flexibility index (Phi) is 15.1. The van der Waals surface area contributed by atoms with Gasteiger partial charge in [-0.3, -0.25) is 0 Å². The van der Waals surface area contributed by atoms with Crippen molar-refractivity contribution in [3.63, 3.8) is 0 Å². The summed E-state index contributed by atoms with van der Waals surface area (Å²) in [5, 5.41) is 0. The molecule has 0 amide bonds. The first-order chi connectivity index (χ1) is 12.8. The lowest BCUT2D eigenvalue weighted by Crippen LogP contribution is -2.08. The van der Waals surface area contributed by atoms with E-state index in [-0.39, 0.29) is 0 Å². The zero-order valence-electron chi connectivity index (χ0n) is 17.0. The fourth-order valence-corrected chi connectivity index (χ4v) is 3.15. The molecule has 0 saturated heterocycles. The summed E-state index contributed by atoms with van der Waals surface area (Å²) in [5.41, 5.74) is 6.51. The number of benzene rings is 1. The minimum atomic E-state index is 0.562. The van der Waals surface area contributed by atoms with Crippen molar-refractivity contribution in [3.05, 3.63) is 24.3 Å². The Hall–Kier alpha value is -1.22. The van der Waals surface area contributed by atoms with Crippen molar-refractivity contribution in [2.24, 2.45) is 0 Å². The van der Waals surface area contributed by atoms with Crippen LogP contribution in [0.2, 0.25) is 0 Å². The molecule has 0 aliphatic heterocycles. The number of para-hydroxylation sites is 2. The third kappa shape index (κ3) is 13.0. The lowest BCUT2D eigenvalue weighted by atomic mass is 10.0. The van der Waals surface area contributed by atoms with Crippen molar-refractivity contribution < 1.29 is 9.47 Å². The van der Waals surface area contributed by atoms with Crippen LogP contribution >= 0.6 is 0 Å². The van der Waals surface area contributed by atoms with Crippen LogP contribution in [0, 0.1) is 0 Å². The van der Waals surface area contributed by atoms with Crippen molar-refractivity contribution in [1.82, 2.24) is 0 Å². The standard InChI is InChI=1S/C23H41NO2/c1-2-3-4-5-6-7-8-9-10-11-12-13-16-19-25-20-21-26-23-18-15-14-17-22(23)24/h14-15,17-18H,2-13,16,19-21,24H2,1H3. The average molecular weight is 364 g/mol. The molecule has 0 atom stereocenters. The first-order valence-electron chi connectivity index (χ1n) is 10.9. The number of anilines is 1. The van der Waals surface area contributed by atoms with Gasteiger partial charge in [-0.1, -0.05) is 96.1 Å². The molecule has 0 aromatic heterocycles. The minimum Gasteiger partial charge on any atom is -0.489 e. The van der Waals surface area contributed by atoms with E-state index in [1.165, 1.54) is 77.0 Å². The van der Waals surface area contributed by atoms with E-state index < -0.39 is 0 Å². The second-order valence-electron chi connectivity index (χ2n) is 7.24. The number of hydrogen-bond acceptors (Lipinski definition) is 3. The van der Waals surface area contributed by atoms with Crippen LogP contribution in [-0.4, -0.2) is 19.8 Å². The largest absolute Gasteiger partial charge is 0.489 e. The smallest absolute Gasteiger partial charge is 0.142 e. The zero-order valence-corrected chi connectivity index (χ0v) is 17.0. The van der Waals surface area contributed by atoms with Gasteiger partial charge in [-0.25, -0.2) is 0 Å². The van der Waals surface area contributed by atoms with Crippen LogP contribution in [0.25, 0.3) is 0 Å². The normalized spacial score (nSPS) is 11.0. The average Bonchev–Trinajstić information content (AvgIpc) is 2.65. The van der Waals surface area contributed by atoms with Crippen LogP contribution in [-0.2, 0) is 4.74 Å².